The van der Waals surface area contributed by atoms with Gasteiger partial charge in [0.2, 0.25) is 11.8 Å². The quantitative estimate of drug-likeness (QED) is 0.426. The van der Waals surface area contributed by atoms with Gasteiger partial charge in [-0.1, -0.05) is 23.7 Å². The molecule has 0 spiro atoms. The summed E-state index contributed by atoms with van der Waals surface area (Å²) in [5.74, 6) is -1.16. The van der Waals surface area contributed by atoms with Gasteiger partial charge in [-0.25, -0.2) is 5.43 Å². The van der Waals surface area contributed by atoms with E-state index in [9.17, 15) is 14.4 Å². The Balaban J connectivity index is 2.34. The maximum Gasteiger partial charge on any atom is 0.311 e. The minimum atomic E-state index is -0.424. The third-order valence-corrected chi connectivity index (χ3v) is 3.13. The molecule has 0 atom stereocenters. The van der Waals surface area contributed by atoms with E-state index in [1.807, 2.05) is 0 Å². The molecule has 0 bridgehead atoms. The molecule has 0 aromatic heterocycles. The molecule has 0 unspecified atom stereocenters. The van der Waals surface area contributed by atoms with Crippen molar-refractivity contribution < 1.29 is 19.1 Å². The first-order valence-corrected chi connectivity index (χ1v) is 7.82. The molecule has 0 aliphatic heterocycles. The molecule has 0 aliphatic rings. The standard InChI is InChI=1S/C16H20ClN3O4/c1-3-24-16(23)10-11(2)19-20-15(22)9-8-14(21)18-13-7-5-4-6-12(13)17/h4-7H,3,8-10H2,1-2H3,(H,18,21)(H,20,22). The van der Waals surface area contributed by atoms with Crippen LogP contribution in [0.4, 0.5) is 5.69 Å². The Kier molecular flexibility index (Phi) is 8.49. The van der Waals surface area contributed by atoms with Gasteiger partial charge in [0, 0.05) is 18.6 Å². The highest BCUT2D eigenvalue weighted by atomic mass is 35.5. The van der Waals surface area contributed by atoms with E-state index in [0.717, 1.165) is 0 Å². The first-order chi connectivity index (χ1) is 11.4. The van der Waals surface area contributed by atoms with Gasteiger partial charge in [0.1, 0.15) is 0 Å². The summed E-state index contributed by atoms with van der Waals surface area (Å²) in [4.78, 5) is 34.7. The smallest absolute Gasteiger partial charge is 0.311 e. The molecule has 7 nitrogen and oxygen atoms in total. The van der Waals surface area contributed by atoms with Gasteiger partial charge in [-0.3, -0.25) is 14.4 Å². The van der Waals surface area contributed by atoms with Gasteiger partial charge in [-0.2, -0.15) is 5.10 Å². The molecule has 2 amide bonds. The van der Waals surface area contributed by atoms with Crippen LogP contribution in [0, 0.1) is 0 Å². The Bertz CT molecular complexity index is 632. The van der Waals surface area contributed by atoms with Gasteiger partial charge < -0.3 is 10.1 Å². The SMILES string of the molecule is CCOC(=O)CC(C)=NNC(=O)CCC(=O)Nc1ccccc1Cl. The summed E-state index contributed by atoms with van der Waals surface area (Å²) in [5.41, 5.74) is 3.21. The molecule has 24 heavy (non-hydrogen) atoms. The van der Waals surface area contributed by atoms with Crippen LogP contribution in [0.25, 0.3) is 0 Å². The lowest BCUT2D eigenvalue weighted by atomic mass is 10.2. The van der Waals surface area contributed by atoms with E-state index in [4.69, 9.17) is 16.3 Å². The lowest BCUT2D eigenvalue weighted by Gasteiger charge is -2.06. The zero-order chi connectivity index (χ0) is 17.9. The highest BCUT2D eigenvalue weighted by Crippen LogP contribution is 2.20. The maximum atomic E-state index is 11.8. The number of rotatable bonds is 8. The number of carbonyl (C=O) groups excluding carboxylic acids is 3. The molecule has 8 heteroatoms. The summed E-state index contributed by atoms with van der Waals surface area (Å²) in [5, 5.41) is 6.83. The number of carbonyl (C=O) groups is 3. The van der Waals surface area contributed by atoms with E-state index in [1.165, 1.54) is 0 Å². The average molecular weight is 354 g/mol. The van der Waals surface area contributed by atoms with Crippen molar-refractivity contribution in [3.63, 3.8) is 0 Å². The minimum Gasteiger partial charge on any atom is -0.466 e. The van der Waals surface area contributed by atoms with E-state index in [2.05, 4.69) is 15.8 Å². The molecule has 0 radical (unpaired) electrons. The Hall–Kier alpha value is -2.41. The lowest BCUT2D eigenvalue weighted by molar-refractivity contribution is -0.141. The minimum absolute atomic E-state index is 0.00110. The maximum absolute atomic E-state index is 11.8. The van der Waals surface area contributed by atoms with Crippen LogP contribution >= 0.6 is 11.6 Å². The monoisotopic (exact) mass is 353 g/mol. The summed E-state index contributed by atoms with van der Waals surface area (Å²) in [6.45, 7) is 3.60. The van der Waals surface area contributed by atoms with Crippen molar-refractivity contribution in [2.45, 2.75) is 33.1 Å². The lowest BCUT2D eigenvalue weighted by Crippen LogP contribution is -2.22. The zero-order valence-corrected chi connectivity index (χ0v) is 14.4. The van der Waals surface area contributed by atoms with Crippen molar-refractivity contribution in [2.75, 3.05) is 11.9 Å². The van der Waals surface area contributed by atoms with E-state index in [-0.39, 0.29) is 25.2 Å². The van der Waals surface area contributed by atoms with Crippen molar-refractivity contribution >= 4 is 40.8 Å². The van der Waals surface area contributed by atoms with Crippen molar-refractivity contribution in [2.24, 2.45) is 5.10 Å². The Morgan fingerprint density at radius 1 is 1.17 bits per heavy atom. The Morgan fingerprint density at radius 3 is 2.50 bits per heavy atom. The van der Waals surface area contributed by atoms with Gasteiger partial charge in [0.05, 0.1) is 23.7 Å². The Morgan fingerprint density at radius 2 is 1.83 bits per heavy atom. The van der Waals surface area contributed by atoms with E-state index >= 15 is 0 Å². The first-order valence-electron chi connectivity index (χ1n) is 7.44. The number of hydrogen-bond donors (Lipinski definition) is 2. The molecule has 1 aromatic carbocycles. The molecule has 0 saturated carbocycles. The third-order valence-electron chi connectivity index (χ3n) is 2.80. The fourth-order valence-corrected chi connectivity index (χ4v) is 1.86. The fourth-order valence-electron chi connectivity index (χ4n) is 1.68. The molecule has 130 valence electrons. The molecular weight excluding hydrogens is 334 g/mol. The second-order valence-electron chi connectivity index (χ2n) is 4.89. The highest BCUT2D eigenvalue weighted by Gasteiger charge is 2.09. The van der Waals surface area contributed by atoms with Crippen molar-refractivity contribution in [1.82, 2.24) is 5.43 Å². The number of anilines is 1. The van der Waals surface area contributed by atoms with E-state index < -0.39 is 11.9 Å². The van der Waals surface area contributed by atoms with E-state index in [1.54, 1.807) is 38.1 Å². The second kappa shape index (κ2) is 10.4. The van der Waals surface area contributed by atoms with Gasteiger partial charge in [0.15, 0.2) is 0 Å². The van der Waals surface area contributed by atoms with Crippen LogP contribution in [0.3, 0.4) is 0 Å². The molecule has 2 N–H and O–H groups in total. The van der Waals surface area contributed by atoms with Crippen LogP contribution in [0.15, 0.2) is 29.4 Å². The van der Waals surface area contributed by atoms with E-state index in [0.29, 0.717) is 23.0 Å². The van der Waals surface area contributed by atoms with Gasteiger partial charge in [-0.15, -0.1) is 0 Å². The number of benzene rings is 1. The molecule has 0 aliphatic carbocycles. The van der Waals surface area contributed by atoms with Crippen LogP contribution in [-0.4, -0.2) is 30.1 Å². The normalized spacial score (nSPS) is 10.9. The number of ether oxygens (including phenoxy) is 1. The van der Waals surface area contributed by atoms with Crippen molar-refractivity contribution in [3.05, 3.63) is 29.3 Å². The summed E-state index contributed by atoms with van der Waals surface area (Å²) in [6.07, 6.45) is -0.0446. The predicted octanol–water partition coefficient (Wildman–Crippen LogP) is 2.50. The van der Waals surface area contributed by atoms with Crippen LogP contribution < -0.4 is 10.7 Å². The fraction of sp³-hybridized carbons (Fsp3) is 0.375. The summed E-state index contributed by atoms with van der Waals surface area (Å²) >= 11 is 5.93. The molecule has 0 saturated heterocycles. The predicted molar refractivity (Wildman–Crippen MR) is 91.8 cm³/mol. The van der Waals surface area contributed by atoms with Crippen LogP contribution in [0.5, 0.6) is 0 Å². The number of para-hydroxylation sites is 1. The summed E-state index contributed by atoms with van der Waals surface area (Å²) in [6, 6.07) is 6.82. The Labute approximate surface area is 145 Å². The summed E-state index contributed by atoms with van der Waals surface area (Å²) < 4.78 is 4.77. The number of esters is 1. The van der Waals surface area contributed by atoms with Crippen molar-refractivity contribution in [1.29, 1.82) is 0 Å². The van der Waals surface area contributed by atoms with Crippen LogP contribution in [0.2, 0.25) is 5.02 Å². The number of hydrazone groups is 1. The van der Waals surface area contributed by atoms with Crippen molar-refractivity contribution in [3.8, 4) is 0 Å². The molecule has 0 heterocycles. The molecule has 1 rings (SSSR count). The average Bonchev–Trinajstić information content (AvgIpc) is 2.53. The molecular formula is C16H20ClN3O4. The second-order valence-corrected chi connectivity index (χ2v) is 5.30. The first kappa shape index (κ1) is 19.6. The molecule has 1 aromatic rings. The van der Waals surface area contributed by atoms with Gasteiger partial charge in [-0.05, 0) is 26.0 Å². The topological polar surface area (TPSA) is 96.9 Å². The number of hydrogen-bond acceptors (Lipinski definition) is 5. The summed E-state index contributed by atoms with van der Waals surface area (Å²) in [7, 11) is 0. The van der Waals surface area contributed by atoms with Gasteiger partial charge in [0.25, 0.3) is 0 Å². The highest BCUT2D eigenvalue weighted by molar-refractivity contribution is 6.33. The largest absolute Gasteiger partial charge is 0.466 e. The molecule has 0 fully saturated rings. The zero-order valence-electron chi connectivity index (χ0n) is 13.6. The third kappa shape index (κ3) is 7.73. The van der Waals surface area contributed by atoms with Crippen LogP contribution in [0.1, 0.15) is 33.1 Å². The van der Waals surface area contributed by atoms with Crippen LogP contribution in [-0.2, 0) is 19.1 Å². The number of halogens is 1. The number of nitrogens with one attached hydrogen (secondary N) is 2. The van der Waals surface area contributed by atoms with Gasteiger partial charge >= 0.3 is 5.97 Å². The number of amides is 2. The number of nitrogens with zero attached hydrogens (tertiary/aromatic N) is 1.